The third kappa shape index (κ3) is 5.01. The molecule has 0 N–H and O–H groups in total. The molecule has 5 nitrogen and oxygen atoms in total. The number of hydrogen-bond donors (Lipinski definition) is 0. The van der Waals surface area contributed by atoms with Crippen LogP contribution in [-0.2, 0) is 4.74 Å². The SMILES string of the molecule is CC1CN(c2ccc[c]([Sn]([CH3])([CH3])[CH3])n2)CCN1C(=O)OC(C)(C)C. The van der Waals surface area contributed by atoms with E-state index in [9.17, 15) is 4.79 Å². The van der Waals surface area contributed by atoms with Gasteiger partial charge < -0.3 is 0 Å². The van der Waals surface area contributed by atoms with Gasteiger partial charge in [0.2, 0.25) is 0 Å². The Morgan fingerprint density at radius 1 is 1.25 bits per heavy atom. The molecule has 0 spiro atoms. The first-order chi connectivity index (χ1) is 11.0. The summed E-state index contributed by atoms with van der Waals surface area (Å²) in [5.41, 5.74) is -0.455. The van der Waals surface area contributed by atoms with Gasteiger partial charge in [0.1, 0.15) is 0 Å². The first kappa shape index (κ1) is 19.3. The van der Waals surface area contributed by atoms with Crippen LogP contribution in [0, 0.1) is 0 Å². The Kier molecular flexibility index (Phi) is 5.72. The number of ether oxygens (including phenoxy) is 1. The fourth-order valence-electron chi connectivity index (χ4n) is 2.77. The summed E-state index contributed by atoms with van der Waals surface area (Å²) in [6.07, 6.45) is -0.220. The molecule has 1 aromatic rings. The zero-order valence-electron chi connectivity index (χ0n) is 16.1. The van der Waals surface area contributed by atoms with Crippen LogP contribution in [0.3, 0.4) is 0 Å². The molecule has 0 bridgehead atoms. The Hall–Kier alpha value is -0.981. The number of nitrogens with zero attached hydrogens (tertiary/aromatic N) is 3. The van der Waals surface area contributed by atoms with Gasteiger partial charge in [-0.15, -0.1) is 0 Å². The van der Waals surface area contributed by atoms with Crippen LogP contribution in [0.5, 0.6) is 0 Å². The summed E-state index contributed by atoms with van der Waals surface area (Å²) in [4.78, 5) is 28.5. The van der Waals surface area contributed by atoms with Gasteiger partial charge in [0.05, 0.1) is 0 Å². The molecule has 0 aliphatic carbocycles. The van der Waals surface area contributed by atoms with Crippen molar-refractivity contribution in [2.24, 2.45) is 0 Å². The van der Waals surface area contributed by atoms with Crippen molar-refractivity contribution >= 4 is 34.0 Å². The van der Waals surface area contributed by atoms with Gasteiger partial charge >= 0.3 is 150 Å². The Morgan fingerprint density at radius 2 is 1.92 bits per heavy atom. The second-order valence-corrected chi connectivity index (χ2v) is 22.9. The molecule has 1 atom stereocenters. The van der Waals surface area contributed by atoms with Crippen molar-refractivity contribution in [2.75, 3.05) is 24.5 Å². The topological polar surface area (TPSA) is 45.7 Å². The van der Waals surface area contributed by atoms with Crippen LogP contribution in [0.25, 0.3) is 0 Å². The first-order valence-electron chi connectivity index (χ1n) is 8.69. The average Bonchev–Trinajstić information content (AvgIpc) is 2.44. The molecule has 0 radical (unpaired) electrons. The third-order valence-electron chi connectivity index (χ3n) is 4.08. The minimum atomic E-state index is -2.17. The van der Waals surface area contributed by atoms with Gasteiger partial charge in [-0.1, -0.05) is 0 Å². The summed E-state index contributed by atoms with van der Waals surface area (Å²) in [5, 5.41) is 0. The molecule has 2 rings (SSSR count). The van der Waals surface area contributed by atoms with Crippen LogP contribution in [0.1, 0.15) is 27.7 Å². The van der Waals surface area contributed by atoms with E-state index < -0.39 is 24.0 Å². The average molecular weight is 440 g/mol. The molecular weight excluding hydrogens is 409 g/mol. The normalized spacial score (nSPS) is 19.4. The zero-order chi connectivity index (χ0) is 18.1. The Balaban J connectivity index is 2.07. The molecule has 0 saturated carbocycles. The molecule has 134 valence electrons. The minimum absolute atomic E-state index is 0.109. The maximum absolute atomic E-state index is 12.3. The number of amides is 1. The van der Waals surface area contributed by atoms with Crippen LogP contribution >= 0.6 is 0 Å². The quantitative estimate of drug-likeness (QED) is 0.664. The monoisotopic (exact) mass is 441 g/mol. The third-order valence-corrected chi connectivity index (χ3v) is 9.26. The molecule has 6 heteroatoms. The van der Waals surface area contributed by atoms with E-state index >= 15 is 0 Å². The van der Waals surface area contributed by atoms with Crippen LogP contribution in [-0.4, -0.2) is 65.6 Å². The summed E-state index contributed by atoms with van der Waals surface area (Å²) < 4.78 is 6.81. The van der Waals surface area contributed by atoms with Crippen LogP contribution in [0.15, 0.2) is 18.2 Å². The molecule has 1 fully saturated rings. The molecule has 1 aliphatic heterocycles. The number of carbonyl (C=O) groups excluding carboxylic acids is 1. The van der Waals surface area contributed by atoms with E-state index in [1.807, 2.05) is 25.7 Å². The first-order valence-corrected chi connectivity index (χ1v) is 18.7. The number of piperazine rings is 1. The summed E-state index contributed by atoms with van der Waals surface area (Å²) in [5.74, 6) is 1.04. The second-order valence-electron chi connectivity index (χ2n) is 8.60. The number of carbonyl (C=O) groups is 1. The fraction of sp³-hybridized carbons (Fsp3) is 0.667. The van der Waals surface area contributed by atoms with Gasteiger partial charge in [0.15, 0.2) is 0 Å². The summed E-state index contributed by atoms with van der Waals surface area (Å²) >= 11 is -2.17. The Morgan fingerprint density at radius 3 is 2.46 bits per heavy atom. The summed E-state index contributed by atoms with van der Waals surface area (Å²) in [6, 6.07) is 6.47. The molecule has 0 aromatic carbocycles. The van der Waals surface area contributed by atoms with Crippen molar-refractivity contribution in [1.82, 2.24) is 9.88 Å². The Bertz CT molecular complexity index is 593. The summed E-state index contributed by atoms with van der Waals surface area (Å²) in [6.45, 7) is 10.0. The van der Waals surface area contributed by atoms with Gasteiger partial charge in [0.25, 0.3) is 0 Å². The number of aromatic nitrogens is 1. The zero-order valence-corrected chi connectivity index (χ0v) is 18.9. The number of hydrogen-bond acceptors (Lipinski definition) is 4. The predicted octanol–water partition coefficient (Wildman–Crippen LogP) is 3.07. The van der Waals surface area contributed by atoms with E-state index in [1.54, 1.807) is 0 Å². The standard InChI is InChI=1S/C15H22N3O2.3CH3.Sn/c1-12-11-17(13-7-5-6-8-16-13)9-10-18(12)14(19)20-15(2,3)4;;;;/h5-7,12H,9-11H2,1-4H3;3*1H3;. The van der Waals surface area contributed by atoms with Crippen molar-refractivity contribution in [2.45, 2.75) is 54.2 Å². The maximum atomic E-state index is 12.3. The second kappa shape index (κ2) is 7.10. The number of rotatable bonds is 2. The number of pyridine rings is 1. The van der Waals surface area contributed by atoms with E-state index in [1.165, 1.54) is 3.71 Å². The van der Waals surface area contributed by atoms with E-state index in [0.717, 1.165) is 18.9 Å². The van der Waals surface area contributed by atoms with Gasteiger partial charge in [-0.05, 0) is 0 Å². The van der Waals surface area contributed by atoms with Gasteiger partial charge in [-0.2, -0.15) is 0 Å². The van der Waals surface area contributed by atoms with E-state index in [2.05, 4.69) is 44.8 Å². The Labute approximate surface area is 150 Å². The fourth-order valence-corrected chi connectivity index (χ4v) is 5.76. The van der Waals surface area contributed by atoms with Crippen LogP contribution < -0.4 is 8.61 Å². The molecule has 1 amide bonds. The molecule has 1 saturated heterocycles. The van der Waals surface area contributed by atoms with E-state index in [-0.39, 0.29) is 12.1 Å². The molecule has 1 aromatic heterocycles. The molecule has 1 aliphatic rings. The van der Waals surface area contributed by atoms with Crippen molar-refractivity contribution in [3.05, 3.63) is 18.2 Å². The van der Waals surface area contributed by atoms with Gasteiger partial charge in [-0.25, -0.2) is 0 Å². The predicted molar refractivity (Wildman–Crippen MR) is 102 cm³/mol. The van der Waals surface area contributed by atoms with Gasteiger partial charge in [0, 0.05) is 0 Å². The molecule has 1 unspecified atom stereocenters. The number of anilines is 1. The van der Waals surface area contributed by atoms with Crippen LogP contribution in [0.2, 0.25) is 14.8 Å². The van der Waals surface area contributed by atoms with E-state index in [0.29, 0.717) is 6.54 Å². The van der Waals surface area contributed by atoms with Gasteiger partial charge in [-0.3, -0.25) is 0 Å². The van der Waals surface area contributed by atoms with Crippen LogP contribution in [0.4, 0.5) is 10.6 Å². The van der Waals surface area contributed by atoms with E-state index in [4.69, 9.17) is 9.72 Å². The summed E-state index contributed by atoms with van der Waals surface area (Å²) in [7, 11) is 0. The molecule has 24 heavy (non-hydrogen) atoms. The van der Waals surface area contributed by atoms with Crippen molar-refractivity contribution < 1.29 is 9.53 Å². The van der Waals surface area contributed by atoms with Crippen molar-refractivity contribution in [3.63, 3.8) is 0 Å². The van der Waals surface area contributed by atoms with Crippen molar-refractivity contribution in [3.8, 4) is 0 Å². The van der Waals surface area contributed by atoms with Crippen molar-refractivity contribution in [1.29, 1.82) is 0 Å². The molecular formula is C18H31N3O2Sn. The molecule has 2 heterocycles.